The van der Waals surface area contributed by atoms with Gasteiger partial charge in [0.1, 0.15) is 11.5 Å². The zero-order valence-electron chi connectivity index (χ0n) is 11.1. The summed E-state index contributed by atoms with van der Waals surface area (Å²) in [6.07, 6.45) is 7.10. The highest BCUT2D eigenvalue weighted by Crippen LogP contribution is 2.10. The zero-order valence-corrected chi connectivity index (χ0v) is 11.1. The van der Waals surface area contributed by atoms with Gasteiger partial charge in [0.05, 0.1) is 12.7 Å². The molecule has 3 aromatic rings. The van der Waals surface area contributed by atoms with Gasteiger partial charge < -0.3 is 10.3 Å². The van der Waals surface area contributed by atoms with Crippen molar-refractivity contribution >= 4 is 5.82 Å². The number of H-pyrrole nitrogens is 1. The Labute approximate surface area is 116 Å². The normalized spacial score (nSPS) is 10.7. The Bertz CT molecular complexity index is 672. The fourth-order valence-electron chi connectivity index (χ4n) is 1.88. The average molecular weight is 269 g/mol. The van der Waals surface area contributed by atoms with Gasteiger partial charge in [-0.05, 0) is 18.6 Å². The van der Waals surface area contributed by atoms with Gasteiger partial charge >= 0.3 is 0 Å². The van der Waals surface area contributed by atoms with Crippen LogP contribution in [0.2, 0.25) is 0 Å². The van der Waals surface area contributed by atoms with Crippen LogP contribution in [-0.2, 0) is 6.54 Å². The highest BCUT2D eigenvalue weighted by molar-refractivity contribution is 5.46. The molecule has 0 spiro atoms. The van der Waals surface area contributed by atoms with E-state index in [0.717, 1.165) is 29.4 Å². The minimum Gasteiger partial charge on any atom is -0.368 e. The summed E-state index contributed by atoms with van der Waals surface area (Å²) in [4.78, 5) is 11.4. The van der Waals surface area contributed by atoms with Gasteiger partial charge in [0.2, 0.25) is 0 Å². The molecule has 0 saturated heterocycles. The first-order chi connectivity index (χ1) is 9.83. The summed E-state index contributed by atoms with van der Waals surface area (Å²) in [5, 5.41) is 11.4. The van der Waals surface area contributed by atoms with Crippen molar-refractivity contribution in [1.82, 2.24) is 29.9 Å². The number of hydrogen-bond acceptors (Lipinski definition) is 5. The maximum atomic E-state index is 4.28. The number of nitrogens with zero attached hydrogens (tertiary/aromatic N) is 5. The van der Waals surface area contributed by atoms with Crippen LogP contribution in [0.4, 0.5) is 5.82 Å². The summed E-state index contributed by atoms with van der Waals surface area (Å²) in [6.45, 7) is 3.47. The van der Waals surface area contributed by atoms with E-state index in [-0.39, 0.29) is 0 Å². The molecule has 0 saturated carbocycles. The molecule has 0 unspecified atom stereocenters. The van der Waals surface area contributed by atoms with Crippen LogP contribution >= 0.6 is 0 Å². The van der Waals surface area contributed by atoms with Crippen molar-refractivity contribution in [3.63, 3.8) is 0 Å². The Morgan fingerprint density at radius 2 is 2.25 bits per heavy atom. The van der Waals surface area contributed by atoms with Gasteiger partial charge in [-0.15, -0.1) is 5.10 Å². The van der Waals surface area contributed by atoms with Crippen molar-refractivity contribution in [3.8, 4) is 11.5 Å². The number of imidazole rings is 1. The van der Waals surface area contributed by atoms with E-state index >= 15 is 0 Å². The van der Waals surface area contributed by atoms with Gasteiger partial charge in [0.15, 0.2) is 5.82 Å². The van der Waals surface area contributed by atoms with Crippen LogP contribution in [0.1, 0.15) is 5.56 Å². The van der Waals surface area contributed by atoms with Crippen molar-refractivity contribution in [2.24, 2.45) is 0 Å². The molecule has 0 fully saturated rings. The van der Waals surface area contributed by atoms with Crippen LogP contribution in [0, 0.1) is 6.92 Å². The Hall–Kier alpha value is -2.70. The van der Waals surface area contributed by atoms with Crippen molar-refractivity contribution in [2.45, 2.75) is 13.5 Å². The Balaban J connectivity index is 1.58. The lowest BCUT2D eigenvalue weighted by molar-refractivity contribution is 0.608. The van der Waals surface area contributed by atoms with Gasteiger partial charge in [-0.25, -0.2) is 9.97 Å². The van der Waals surface area contributed by atoms with Gasteiger partial charge in [0, 0.05) is 25.1 Å². The lowest BCUT2D eigenvalue weighted by atomic mass is 10.3. The standard InChI is InChI=1S/C13H15N7/c1-10-3-2-4-14-12(10)17-7-8-20-9-11(18-19-20)13-15-5-6-16-13/h2-6,9H,7-8H2,1H3,(H,14,17)(H,15,16). The first kappa shape index (κ1) is 12.3. The summed E-state index contributed by atoms with van der Waals surface area (Å²) in [7, 11) is 0. The molecule has 0 amide bonds. The van der Waals surface area contributed by atoms with Gasteiger partial charge in [-0.2, -0.15) is 0 Å². The number of pyridine rings is 1. The number of aromatic amines is 1. The van der Waals surface area contributed by atoms with E-state index in [4.69, 9.17) is 0 Å². The predicted molar refractivity (Wildman–Crippen MR) is 75.1 cm³/mol. The second-order valence-corrected chi connectivity index (χ2v) is 4.40. The summed E-state index contributed by atoms with van der Waals surface area (Å²) < 4.78 is 1.78. The highest BCUT2D eigenvalue weighted by Gasteiger charge is 2.05. The molecule has 0 aliphatic heterocycles. The molecule has 3 aromatic heterocycles. The molecule has 7 heteroatoms. The van der Waals surface area contributed by atoms with Crippen molar-refractivity contribution < 1.29 is 0 Å². The van der Waals surface area contributed by atoms with Crippen molar-refractivity contribution in [2.75, 3.05) is 11.9 Å². The van der Waals surface area contributed by atoms with Crippen molar-refractivity contribution in [1.29, 1.82) is 0 Å². The number of aromatic nitrogens is 6. The fourth-order valence-corrected chi connectivity index (χ4v) is 1.88. The SMILES string of the molecule is Cc1cccnc1NCCn1cc(-c2ncc[nH]2)nn1. The molecule has 102 valence electrons. The predicted octanol–water partition coefficient (Wildman–Crippen LogP) is 1.48. The number of anilines is 1. The molecule has 0 bridgehead atoms. The Kier molecular flexibility index (Phi) is 3.40. The van der Waals surface area contributed by atoms with E-state index in [2.05, 4.69) is 30.6 Å². The molecule has 2 N–H and O–H groups in total. The Morgan fingerprint density at radius 1 is 1.30 bits per heavy atom. The summed E-state index contributed by atoms with van der Waals surface area (Å²) in [5.41, 5.74) is 1.87. The lowest BCUT2D eigenvalue weighted by Gasteiger charge is -2.07. The minimum atomic E-state index is 0.712. The molecule has 0 aliphatic carbocycles. The molecule has 0 aliphatic rings. The lowest BCUT2D eigenvalue weighted by Crippen LogP contribution is -2.12. The van der Waals surface area contributed by atoms with E-state index in [9.17, 15) is 0 Å². The van der Waals surface area contributed by atoms with E-state index in [0.29, 0.717) is 6.54 Å². The topological polar surface area (TPSA) is 84.3 Å². The van der Waals surface area contributed by atoms with Crippen LogP contribution in [-0.4, -0.2) is 36.5 Å². The smallest absolute Gasteiger partial charge is 0.159 e. The maximum absolute atomic E-state index is 4.28. The molecule has 0 radical (unpaired) electrons. The first-order valence-electron chi connectivity index (χ1n) is 6.38. The summed E-state index contributed by atoms with van der Waals surface area (Å²) >= 11 is 0. The Morgan fingerprint density at radius 3 is 3.05 bits per heavy atom. The molecular weight excluding hydrogens is 254 g/mol. The van der Waals surface area contributed by atoms with Gasteiger partial charge in [0.25, 0.3) is 0 Å². The third-order valence-electron chi connectivity index (χ3n) is 2.92. The molecule has 0 aromatic carbocycles. The van der Waals surface area contributed by atoms with Gasteiger partial charge in [-0.1, -0.05) is 11.3 Å². The monoisotopic (exact) mass is 269 g/mol. The third kappa shape index (κ3) is 2.66. The average Bonchev–Trinajstić information content (AvgIpc) is 3.11. The van der Waals surface area contributed by atoms with Crippen LogP contribution in [0.25, 0.3) is 11.5 Å². The van der Waals surface area contributed by atoms with E-state index in [1.54, 1.807) is 23.3 Å². The van der Waals surface area contributed by atoms with Crippen LogP contribution < -0.4 is 5.32 Å². The van der Waals surface area contributed by atoms with Crippen molar-refractivity contribution in [3.05, 3.63) is 42.5 Å². The second kappa shape index (κ2) is 5.52. The molecule has 0 atom stereocenters. The first-order valence-corrected chi connectivity index (χ1v) is 6.38. The van der Waals surface area contributed by atoms with Crippen LogP contribution in [0.3, 0.4) is 0 Å². The van der Waals surface area contributed by atoms with E-state index in [1.165, 1.54) is 0 Å². The van der Waals surface area contributed by atoms with E-state index in [1.807, 2.05) is 25.3 Å². The quantitative estimate of drug-likeness (QED) is 0.733. The maximum Gasteiger partial charge on any atom is 0.159 e. The largest absolute Gasteiger partial charge is 0.368 e. The van der Waals surface area contributed by atoms with Crippen LogP contribution in [0.15, 0.2) is 36.9 Å². The second-order valence-electron chi connectivity index (χ2n) is 4.40. The summed E-state index contributed by atoms with van der Waals surface area (Å²) in [5.74, 6) is 1.63. The molecule has 20 heavy (non-hydrogen) atoms. The third-order valence-corrected chi connectivity index (χ3v) is 2.92. The zero-order chi connectivity index (χ0) is 13.8. The van der Waals surface area contributed by atoms with Gasteiger partial charge in [-0.3, -0.25) is 4.68 Å². The molecule has 3 rings (SSSR count). The fraction of sp³-hybridized carbons (Fsp3) is 0.231. The number of nitrogens with one attached hydrogen (secondary N) is 2. The highest BCUT2D eigenvalue weighted by atomic mass is 15.4. The van der Waals surface area contributed by atoms with Crippen LogP contribution in [0.5, 0.6) is 0 Å². The molecular formula is C13H15N7. The summed E-state index contributed by atoms with van der Waals surface area (Å²) in [6, 6.07) is 3.95. The molecule has 7 nitrogen and oxygen atoms in total. The minimum absolute atomic E-state index is 0.712. The van der Waals surface area contributed by atoms with E-state index < -0.39 is 0 Å². The number of rotatable bonds is 5. The number of hydrogen-bond donors (Lipinski definition) is 2. The molecule has 3 heterocycles. The number of aryl methyl sites for hydroxylation is 1.